The van der Waals surface area contributed by atoms with Crippen LogP contribution in [-0.4, -0.2) is 65.7 Å². The largest absolute Gasteiger partial charge is 0.494 e. The van der Waals surface area contributed by atoms with Gasteiger partial charge in [-0.05, 0) is 37.8 Å². The molecule has 1 heterocycles. The number of carbonyl (C=O) groups is 1. The van der Waals surface area contributed by atoms with E-state index in [1.165, 1.54) is 0 Å². The first-order chi connectivity index (χ1) is 11.7. The maximum Gasteiger partial charge on any atom is 0.222 e. The molecule has 2 fully saturated rings. The van der Waals surface area contributed by atoms with Crippen molar-refractivity contribution in [2.45, 2.75) is 44.2 Å². The summed E-state index contributed by atoms with van der Waals surface area (Å²) < 4.78 is 5.63. The van der Waals surface area contributed by atoms with Crippen LogP contribution in [0.2, 0.25) is 0 Å². The zero-order chi connectivity index (χ0) is 16.8. The lowest BCUT2D eigenvalue weighted by molar-refractivity contribution is -0.133. The summed E-state index contributed by atoms with van der Waals surface area (Å²) in [7, 11) is 0. The van der Waals surface area contributed by atoms with Gasteiger partial charge in [-0.3, -0.25) is 9.69 Å². The molecule has 1 aromatic carbocycles. The second kappa shape index (κ2) is 8.49. The third-order valence-electron chi connectivity index (χ3n) is 5.13. The summed E-state index contributed by atoms with van der Waals surface area (Å²) in [5.74, 6) is 1.08. The lowest BCUT2D eigenvalue weighted by atomic mass is 10.1. The summed E-state index contributed by atoms with van der Waals surface area (Å²) in [5.41, 5.74) is 0. The molecule has 5 nitrogen and oxygen atoms in total. The summed E-state index contributed by atoms with van der Waals surface area (Å²) in [5, 5.41) is 10.0. The minimum Gasteiger partial charge on any atom is -0.494 e. The lowest BCUT2D eigenvalue weighted by Gasteiger charge is -2.39. The molecule has 2 aliphatic rings. The summed E-state index contributed by atoms with van der Waals surface area (Å²) in [6, 6.07) is 10.0. The van der Waals surface area contributed by atoms with E-state index in [1.807, 2.05) is 35.2 Å². The van der Waals surface area contributed by atoms with E-state index in [0.29, 0.717) is 19.1 Å². The van der Waals surface area contributed by atoms with Gasteiger partial charge in [0, 0.05) is 38.6 Å². The maximum absolute atomic E-state index is 12.3. The number of hydrogen-bond acceptors (Lipinski definition) is 4. The fourth-order valence-electron chi connectivity index (χ4n) is 3.74. The highest BCUT2D eigenvalue weighted by atomic mass is 16.5. The number of hydrogen-bond donors (Lipinski definition) is 1. The number of para-hydroxylation sites is 1. The minimum absolute atomic E-state index is 0.178. The Kier molecular flexibility index (Phi) is 6.10. The van der Waals surface area contributed by atoms with Crippen LogP contribution in [0.15, 0.2) is 30.3 Å². The molecule has 1 saturated carbocycles. The third-order valence-corrected chi connectivity index (χ3v) is 5.13. The molecule has 1 amide bonds. The second-order valence-corrected chi connectivity index (χ2v) is 6.75. The number of ether oxygens (including phenoxy) is 1. The van der Waals surface area contributed by atoms with Crippen molar-refractivity contribution in [3.05, 3.63) is 30.3 Å². The zero-order valence-corrected chi connectivity index (χ0v) is 14.3. The Bertz CT molecular complexity index is 515. The Hall–Kier alpha value is -1.59. The maximum atomic E-state index is 12.3. The standard InChI is InChI=1S/C19H28N2O3/c22-18-9-4-8-17(18)20-11-13-21(14-12-20)19(23)10-5-15-24-16-6-2-1-3-7-16/h1-3,6-7,17-18,22H,4-5,8-15H2. The van der Waals surface area contributed by atoms with Crippen molar-refractivity contribution in [3.63, 3.8) is 0 Å². The smallest absolute Gasteiger partial charge is 0.222 e. The van der Waals surface area contributed by atoms with Gasteiger partial charge >= 0.3 is 0 Å². The Morgan fingerprint density at radius 1 is 1.12 bits per heavy atom. The van der Waals surface area contributed by atoms with Gasteiger partial charge in [0.1, 0.15) is 5.75 Å². The summed E-state index contributed by atoms with van der Waals surface area (Å²) in [6.07, 6.45) is 4.24. The van der Waals surface area contributed by atoms with Gasteiger partial charge in [-0.25, -0.2) is 0 Å². The van der Waals surface area contributed by atoms with Crippen molar-refractivity contribution in [1.29, 1.82) is 0 Å². The first-order valence-electron chi connectivity index (χ1n) is 9.12. The molecule has 1 aliphatic carbocycles. The molecule has 5 heteroatoms. The summed E-state index contributed by atoms with van der Waals surface area (Å²) in [4.78, 5) is 16.6. The Balaban J connectivity index is 1.33. The molecule has 3 rings (SSSR count). The van der Waals surface area contributed by atoms with Crippen LogP contribution < -0.4 is 4.74 Å². The summed E-state index contributed by atoms with van der Waals surface area (Å²) in [6.45, 7) is 3.90. The van der Waals surface area contributed by atoms with Crippen LogP contribution in [0.25, 0.3) is 0 Å². The molecule has 132 valence electrons. The number of aliphatic hydroxyl groups is 1. The minimum atomic E-state index is -0.178. The number of benzene rings is 1. The van der Waals surface area contributed by atoms with E-state index in [0.717, 1.165) is 57.6 Å². The van der Waals surface area contributed by atoms with E-state index in [9.17, 15) is 9.90 Å². The first kappa shape index (κ1) is 17.2. The van der Waals surface area contributed by atoms with Gasteiger partial charge in [0.05, 0.1) is 12.7 Å². The average molecular weight is 332 g/mol. The van der Waals surface area contributed by atoms with Crippen molar-refractivity contribution in [2.24, 2.45) is 0 Å². The van der Waals surface area contributed by atoms with Gasteiger partial charge in [0.15, 0.2) is 0 Å². The van der Waals surface area contributed by atoms with Crippen molar-refractivity contribution in [1.82, 2.24) is 9.80 Å². The molecule has 1 saturated heterocycles. The molecule has 0 bridgehead atoms. The molecule has 0 radical (unpaired) electrons. The molecule has 24 heavy (non-hydrogen) atoms. The van der Waals surface area contributed by atoms with E-state index in [1.54, 1.807) is 0 Å². The van der Waals surface area contributed by atoms with E-state index in [2.05, 4.69) is 4.90 Å². The highest BCUT2D eigenvalue weighted by Gasteiger charge is 2.33. The van der Waals surface area contributed by atoms with Crippen LogP contribution in [0.5, 0.6) is 5.75 Å². The molecule has 2 atom stereocenters. The third kappa shape index (κ3) is 4.48. The van der Waals surface area contributed by atoms with Crippen molar-refractivity contribution < 1.29 is 14.6 Å². The fraction of sp³-hybridized carbons (Fsp3) is 0.632. The summed E-state index contributed by atoms with van der Waals surface area (Å²) >= 11 is 0. The Morgan fingerprint density at radius 2 is 1.88 bits per heavy atom. The van der Waals surface area contributed by atoms with Gasteiger partial charge in [0.25, 0.3) is 0 Å². The van der Waals surface area contributed by atoms with E-state index in [-0.39, 0.29) is 12.0 Å². The quantitative estimate of drug-likeness (QED) is 0.809. The number of nitrogens with zero attached hydrogens (tertiary/aromatic N) is 2. The van der Waals surface area contributed by atoms with Gasteiger partial charge in [-0.1, -0.05) is 18.2 Å². The van der Waals surface area contributed by atoms with Crippen molar-refractivity contribution in [3.8, 4) is 5.75 Å². The molecular weight excluding hydrogens is 304 g/mol. The number of piperazine rings is 1. The van der Waals surface area contributed by atoms with Crippen LogP contribution in [0, 0.1) is 0 Å². The van der Waals surface area contributed by atoms with Crippen LogP contribution in [0.3, 0.4) is 0 Å². The zero-order valence-electron chi connectivity index (χ0n) is 14.3. The monoisotopic (exact) mass is 332 g/mol. The van der Waals surface area contributed by atoms with E-state index < -0.39 is 0 Å². The van der Waals surface area contributed by atoms with E-state index >= 15 is 0 Å². The normalized spacial score (nSPS) is 25.0. The van der Waals surface area contributed by atoms with Crippen LogP contribution in [-0.2, 0) is 4.79 Å². The Morgan fingerprint density at radius 3 is 2.54 bits per heavy atom. The van der Waals surface area contributed by atoms with Gasteiger partial charge in [-0.2, -0.15) is 0 Å². The topological polar surface area (TPSA) is 53.0 Å². The predicted octanol–water partition coefficient (Wildman–Crippen LogP) is 1.90. The van der Waals surface area contributed by atoms with Crippen molar-refractivity contribution in [2.75, 3.05) is 32.8 Å². The molecular formula is C19H28N2O3. The second-order valence-electron chi connectivity index (χ2n) is 6.75. The van der Waals surface area contributed by atoms with E-state index in [4.69, 9.17) is 4.74 Å². The van der Waals surface area contributed by atoms with Crippen molar-refractivity contribution >= 4 is 5.91 Å². The molecule has 0 aromatic heterocycles. The molecule has 1 aliphatic heterocycles. The Labute approximate surface area is 144 Å². The molecule has 1 aromatic rings. The van der Waals surface area contributed by atoms with Crippen LogP contribution in [0.1, 0.15) is 32.1 Å². The highest BCUT2D eigenvalue weighted by molar-refractivity contribution is 5.76. The van der Waals surface area contributed by atoms with Gasteiger partial charge in [-0.15, -0.1) is 0 Å². The lowest BCUT2D eigenvalue weighted by Crippen LogP contribution is -2.53. The molecule has 2 unspecified atom stereocenters. The predicted molar refractivity (Wildman–Crippen MR) is 93.0 cm³/mol. The fourth-order valence-corrected chi connectivity index (χ4v) is 3.74. The van der Waals surface area contributed by atoms with Gasteiger partial charge < -0.3 is 14.7 Å². The van der Waals surface area contributed by atoms with Gasteiger partial charge in [0.2, 0.25) is 5.91 Å². The average Bonchev–Trinajstić information content (AvgIpc) is 3.05. The number of aliphatic hydroxyl groups excluding tert-OH is 1. The highest BCUT2D eigenvalue weighted by Crippen LogP contribution is 2.25. The van der Waals surface area contributed by atoms with Crippen LogP contribution >= 0.6 is 0 Å². The molecule has 0 spiro atoms. The first-order valence-corrected chi connectivity index (χ1v) is 9.12. The number of carbonyl (C=O) groups excluding carboxylic acids is 1. The molecule has 1 N–H and O–H groups in total. The SMILES string of the molecule is O=C(CCCOc1ccccc1)N1CCN(C2CCCC2O)CC1. The van der Waals surface area contributed by atoms with Crippen LogP contribution in [0.4, 0.5) is 0 Å². The number of amides is 1. The number of rotatable bonds is 6.